The SMILES string of the molecule is C[C@H](NC(=O)N1CCN(c2ccc(Cl)c(Cl)c2)CC1)C(=O)NC1CC1. The lowest BCUT2D eigenvalue weighted by atomic mass is 10.2. The summed E-state index contributed by atoms with van der Waals surface area (Å²) in [5.41, 5.74) is 0.992. The highest BCUT2D eigenvalue weighted by Crippen LogP contribution is 2.27. The van der Waals surface area contributed by atoms with Crippen LogP contribution in [-0.4, -0.2) is 55.1 Å². The summed E-state index contributed by atoms with van der Waals surface area (Å²) in [4.78, 5) is 28.2. The van der Waals surface area contributed by atoms with Crippen molar-refractivity contribution in [2.45, 2.75) is 31.8 Å². The molecule has 1 saturated carbocycles. The number of rotatable bonds is 4. The number of anilines is 1. The maximum Gasteiger partial charge on any atom is 0.318 e. The first-order valence-electron chi connectivity index (χ1n) is 8.50. The van der Waals surface area contributed by atoms with Crippen molar-refractivity contribution in [3.8, 4) is 0 Å². The van der Waals surface area contributed by atoms with Crippen LogP contribution in [-0.2, 0) is 4.79 Å². The molecule has 3 amide bonds. The van der Waals surface area contributed by atoms with Gasteiger partial charge in [-0.1, -0.05) is 23.2 Å². The first-order valence-corrected chi connectivity index (χ1v) is 9.25. The van der Waals surface area contributed by atoms with Crippen LogP contribution in [0.1, 0.15) is 19.8 Å². The second-order valence-corrected chi connectivity index (χ2v) is 7.34. The van der Waals surface area contributed by atoms with Gasteiger partial charge in [-0.2, -0.15) is 0 Å². The Kier molecular flexibility index (Phi) is 5.59. The van der Waals surface area contributed by atoms with Gasteiger partial charge in [0.1, 0.15) is 6.04 Å². The highest BCUT2D eigenvalue weighted by Gasteiger charge is 2.28. The molecule has 2 N–H and O–H groups in total. The first kappa shape index (κ1) is 18.1. The summed E-state index contributed by atoms with van der Waals surface area (Å²) in [5, 5.41) is 6.72. The molecule has 6 nitrogen and oxygen atoms in total. The van der Waals surface area contributed by atoms with Gasteiger partial charge in [-0.25, -0.2) is 4.79 Å². The van der Waals surface area contributed by atoms with Crippen molar-refractivity contribution in [2.24, 2.45) is 0 Å². The molecule has 0 bridgehead atoms. The molecule has 1 aromatic rings. The summed E-state index contributed by atoms with van der Waals surface area (Å²) in [7, 11) is 0. The highest BCUT2D eigenvalue weighted by molar-refractivity contribution is 6.42. The van der Waals surface area contributed by atoms with E-state index in [1.807, 2.05) is 12.1 Å². The lowest BCUT2D eigenvalue weighted by Gasteiger charge is -2.36. The number of nitrogens with zero attached hydrogens (tertiary/aromatic N) is 2. The van der Waals surface area contributed by atoms with Gasteiger partial charge in [-0.3, -0.25) is 4.79 Å². The molecule has 0 aromatic heterocycles. The molecule has 1 saturated heterocycles. The minimum Gasteiger partial charge on any atom is -0.368 e. The van der Waals surface area contributed by atoms with Crippen LogP contribution in [0.2, 0.25) is 10.0 Å². The molecule has 1 aromatic carbocycles. The minimum atomic E-state index is -0.527. The van der Waals surface area contributed by atoms with Crippen LogP contribution in [0.15, 0.2) is 18.2 Å². The first-order chi connectivity index (χ1) is 11.9. The molecule has 0 unspecified atom stereocenters. The Morgan fingerprint density at radius 3 is 2.40 bits per heavy atom. The largest absolute Gasteiger partial charge is 0.368 e. The van der Waals surface area contributed by atoms with Gasteiger partial charge in [0.15, 0.2) is 0 Å². The van der Waals surface area contributed by atoms with Crippen LogP contribution in [0.25, 0.3) is 0 Å². The van der Waals surface area contributed by atoms with E-state index in [2.05, 4.69) is 15.5 Å². The Morgan fingerprint density at radius 1 is 1.12 bits per heavy atom. The normalized spacial score (nSPS) is 18.7. The second kappa shape index (κ2) is 7.70. The molecule has 0 spiro atoms. The highest BCUT2D eigenvalue weighted by atomic mass is 35.5. The van der Waals surface area contributed by atoms with Gasteiger partial charge in [0.2, 0.25) is 5.91 Å². The van der Waals surface area contributed by atoms with Crippen molar-refractivity contribution in [1.82, 2.24) is 15.5 Å². The van der Waals surface area contributed by atoms with E-state index in [9.17, 15) is 9.59 Å². The zero-order valence-electron chi connectivity index (χ0n) is 14.1. The number of halogens is 2. The number of hydrogen-bond donors (Lipinski definition) is 2. The lowest BCUT2D eigenvalue weighted by molar-refractivity contribution is -0.122. The number of carbonyl (C=O) groups excluding carboxylic acids is 2. The van der Waals surface area contributed by atoms with Gasteiger partial charge in [0, 0.05) is 37.9 Å². The Morgan fingerprint density at radius 2 is 1.80 bits per heavy atom. The van der Waals surface area contributed by atoms with Gasteiger partial charge in [-0.05, 0) is 38.0 Å². The number of carbonyl (C=O) groups is 2. The fourth-order valence-corrected chi connectivity index (χ4v) is 3.04. The minimum absolute atomic E-state index is 0.120. The van der Waals surface area contributed by atoms with E-state index in [-0.39, 0.29) is 11.9 Å². The zero-order chi connectivity index (χ0) is 18.0. The van der Waals surface area contributed by atoms with E-state index in [1.165, 1.54) is 0 Å². The molecule has 136 valence electrons. The van der Waals surface area contributed by atoms with E-state index in [1.54, 1.807) is 17.9 Å². The molecule has 1 heterocycles. The van der Waals surface area contributed by atoms with Crippen LogP contribution >= 0.6 is 23.2 Å². The Balaban J connectivity index is 1.48. The third kappa shape index (κ3) is 4.70. The molecule has 1 atom stereocenters. The van der Waals surface area contributed by atoms with Crippen molar-refractivity contribution < 1.29 is 9.59 Å². The maximum atomic E-state index is 12.3. The smallest absolute Gasteiger partial charge is 0.318 e. The molecular formula is C17H22Cl2N4O2. The number of nitrogens with one attached hydrogen (secondary N) is 2. The van der Waals surface area contributed by atoms with Crippen molar-refractivity contribution in [1.29, 1.82) is 0 Å². The van der Waals surface area contributed by atoms with E-state index in [4.69, 9.17) is 23.2 Å². The van der Waals surface area contributed by atoms with Gasteiger partial charge < -0.3 is 20.4 Å². The summed E-state index contributed by atoms with van der Waals surface area (Å²) in [6, 6.07) is 5.10. The van der Waals surface area contributed by atoms with Crippen molar-refractivity contribution in [2.75, 3.05) is 31.1 Å². The second-order valence-electron chi connectivity index (χ2n) is 6.53. The van der Waals surface area contributed by atoms with Gasteiger partial charge >= 0.3 is 6.03 Å². The molecule has 2 aliphatic rings. The topological polar surface area (TPSA) is 64.7 Å². The third-order valence-corrected chi connectivity index (χ3v) is 5.23. The third-order valence-electron chi connectivity index (χ3n) is 4.49. The molecule has 25 heavy (non-hydrogen) atoms. The quantitative estimate of drug-likeness (QED) is 0.837. The van der Waals surface area contributed by atoms with Gasteiger partial charge in [-0.15, -0.1) is 0 Å². The number of urea groups is 1. The van der Waals surface area contributed by atoms with E-state index in [0.29, 0.717) is 42.3 Å². The lowest BCUT2D eigenvalue weighted by Crippen LogP contribution is -2.55. The Hall–Kier alpha value is -1.66. The predicted molar refractivity (Wildman–Crippen MR) is 99.4 cm³/mol. The number of benzene rings is 1. The fraction of sp³-hybridized carbons (Fsp3) is 0.529. The molecule has 1 aliphatic heterocycles. The monoisotopic (exact) mass is 384 g/mol. The average molecular weight is 385 g/mol. The van der Waals surface area contributed by atoms with Crippen molar-refractivity contribution in [3.05, 3.63) is 28.2 Å². The molecule has 1 aliphatic carbocycles. The number of piperazine rings is 1. The van der Waals surface area contributed by atoms with Crippen LogP contribution in [0.4, 0.5) is 10.5 Å². The van der Waals surface area contributed by atoms with Crippen molar-refractivity contribution >= 4 is 40.8 Å². The van der Waals surface area contributed by atoms with Crippen LogP contribution in [0, 0.1) is 0 Å². The molecular weight excluding hydrogens is 363 g/mol. The maximum absolute atomic E-state index is 12.3. The number of hydrogen-bond acceptors (Lipinski definition) is 3. The molecule has 3 rings (SSSR count). The summed E-state index contributed by atoms with van der Waals surface area (Å²) >= 11 is 12.0. The standard InChI is InChI=1S/C17H22Cl2N4O2/c1-11(16(24)21-12-2-3-12)20-17(25)23-8-6-22(7-9-23)13-4-5-14(18)15(19)10-13/h4-5,10-12H,2-3,6-9H2,1H3,(H,20,25)(H,21,24)/t11-/m0/s1. The summed E-state index contributed by atoms with van der Waals surface area (Å²) in [6.45, 7) is 4.29. The Labute approximate surface area is 157 Å². The summed E-state index contributed by atoms with van der Waals surface area (Å²) < 4.78 is 0. The van der Waals surface area contributed by atoms with E-state index in [0.717, 1.165) is 18.5 Å². The van der Waals surface area contributed by atoms with Crippen LogP contribution in [0.5, 0.6) is 0 Å². The molecule has 0 radical (unpaired) electrons. The van der Waals surface area contributed by atoms with Gasteiger partial charge in [0.25, 0.3) is 0 Å². The van der Waals surface area contributed by atoms with E-state index < -0.39 is 6.04 Å². The van der Waals surface area contributed by atoms with Crippen LogP contribution < -0.4 is 15.5 Å². The predicted octanol–water partition coefficient (Wildman–Crippen LogP) is 2.49. The van der Waals surface area contributed by atoms with Gasteiger partial charge in [0.05, 0.1) is 10.0 Å². The molecule has 2 fully saturated rings. The average Bonchev–Trinajstić information content (AvgIpc) is 3.41. The fourth-order valence-electron chi connectivity index (χ4n) is 2.75. The Bertz CT molecular complexity index is 658. The summed E-state index contributed by atoms with van der Waals surface area (Å²) in [5.74, 6) is -0.120. The molecule has 8 heteroatoms. The number of amides is 3. The zero-order valence-corrected chi connectivity index (χ0v) is 15.6. The van der Waals surface area contributed by atoms with Crippen molar-refractivity contribution in [3.63, 3.8) is 0 Å². The van der Waals surface area contributed by atoms with Crippen LogP contribution in [0.3, 0.4) is 0 Å². The van der Waals surface area contributed by atoms with E-state index >= 15 is 0 Å². The summed E-state index contributed by atoms with van der Waals surface area (Å²) in [6.07, 6.45) is 2.06.